The summed E-state index contributed by atoms with van der Waals surface area (Å²) in [5.41, 5.74) is 1.54. The smallest absolute Gasteiger partial charge is 0.334 e. The summed E-state index contributed by atoms with van der Waals surface area (Å²) in [7, 11) is 1.71. The molecule has 0 aliphatic carbocycles. The van der Waals surface area contributed by atoms with Crippen molar-refractivity contribution in [2.24, 2.45) is 7.05 Å². The number of nitrogens with one attached hydrogen (secondary N) is 2. The molecule has 8 heteroatoms. The summed E-state index contributed by atoms with van der Waals surface area (Å²) in [4.78, 5) is 17.8. The van der Waals surface area contributed by atoms with Crippen molar-refractivity contribution in [3.05, 3.63) is 34.0 Å². The van der Waals surface area contributed by atoms with E-state index in [-0.39, 0.29) is 16.5 Å². The number of aromatic amines is 1. The molecular formula is C12H18N6O2. The van der Waals surface area contributed by atoms with Crippen LogP contribution in [-0.4, -0.2) is 31.2 Å². The van der Waals surface area contributed by atoms with Crippen molar-refractivity contribution < 1.29 is 4.92 Å². The lowest BCUT2D eigenvalue weighted by Crippen LogP contribution is -2.10. The predicted octanol–water partition coefficient (Wildman–Crippen LogP) is 1.83. The van der Waals surface area contributed by atoms with Gasteiger partial charge in [0.25, 0.3) is 0 Å². The summed E-state index contributed by atoms with van der Waals surface area (Å²) in [5.74, 6) is 0.447. The number of nitro groups is 1. The van der Waals surface area contributed by atoms with Crippen LogP contribution < -0.4 is 5.32 Å². The maximum atomic E-state index is 11.2. The Kier molecular flexibility index (Phi) is 4.02. The van der Waals surface area contributed by atoms with E-state index in [0.29, 0.717) is 24.5 Å². The summed E-state index contributed by atoms with van der Waals surface area (Å²) in [6.07, 6.45) is 4.05. The molecule has 0 atom stereocenters. The molecule has 0 radical (unpaired) electrons. The first-order chi connectivity index (χ1) is 9.50. The van der Waals surface area contributed by atoms with Crippen LogP contribution in [0, 0.1) is 10.1 Å². The number of anilines is 1. The van der Waals surface area contributed by atoms with Crippen LogP contribution in [0.25, 0.3) is 0 Å². The molecule has 2 rings (SSSR count). The minimum atomic E-state index is -0.374. The van der Waals surface area contributed by atoms with Crippen LogP contribution in [0.15, 0.2) is 12.5 Å². The third-order valence-corrected chi connectivity index (χ3v) is 3.02. The van der Waals surface area contributed by atoms with Gasteiger partial charge in [0.05, 0.1) is 11.3 Å². The molecule has 0 fully saturated rings. The normalized spacial score (nSPS) is 11.0. The largest absolute Gasteiger partial charge is 0.364 e. The highest BCUT2D eigenvalue weighted by Crippen LogP contribution is 2.32. The van der Waals surface area contributed by atoms with Gasteiger partial charge in [-0.2, -0.15) is 5.10 Å². The fourth-order valence-corrected chi connectivity index (χ4v) is 2.04. The monoisotopic (exact) mass is 278 g/mol. The highest BCUT2D eigenvalue weighted by atomic mass is 16.6. The Labute approximate surface area is 116 Å². The SMILES string of the molecule is CC(C)c1nn(C)c(NCCc2cnc[nH]2)c1[N+](=O)[O-]. The summed E-state index contributed by atoms with van der Waals surface area (Å²) in [6, 6.07) is 0. The van der Waals surface area contributed by atoms with Gasteiger partial charge in [-0.1, -0.05) is 13.8 Å². The molecule has 2 aromatic rings. The van der Waals surface area contributed by atoms with E-state index in [4.69, 9.17) is 0 Å². The third-order valence-electron chi connectivity index (χ3n) is 3.02. The van der Waals surface area contributed by atoms with Gasteiger partial charge in [0.1, 0.15) is 5.69 Å². The number of rotatable bonds is 6. The number of hydrogen-bond acceptors (Lipinski definition) is 5. The van der Waals surface area contributed by atoms with E-state index in [2.05, 4.69) is 20.4 Å². The minimum Gasteiger partial charge on any atom is -0.364 e. The highest BCUT2D eigenvalue weighted by Gasteiger charge is 2.28. The molecule has 0 aliphatic heterocycles. The average molecular weight is 278 g/mol. The van der Waals surface area contributed by atoms with Crippen molar-refractivity contribution in [2.45, 2.75) is 26.2 Å². The minimum absolute atomic E-state index is 0.00440. The Morgan fingerprint density at radius 2 is 2.30 bits per heavy atom. The zero-order chi connectivity index (χ0) is 14.7. The summed E-state index contributed by atoms with van der Waals surface area (Å²) >= 11 is 0. The number of aryl methyl sites for hydroxylation is 1. The predicted molar refractivity (Wildman–Crippen MR) is 74.7 cm³/mol. The van der Waals surface area contributed by atoms with Gasteiger partial charge in [0, 0.05) is 37.8 Å². The molecule has 2 N–H and O–H groups in total. The Balaban J connectivity index is 2.16. The van der Waals surface area contributed by atoms with E-state index in [1.807, 2.05) is 13.8 Å². The Bertz CT molecular complexity index is 587. The first-order valence-electron chi connectivity index (χ1n) is 6.43. The second-order valence-electron chi connectivity index (χ2n) is 4.87. The van der Waals surface area contributed by atoms with Crippen LogP contribution in [0.1, 0.15) is 31.2 Å². The molecule has 2 aromatic heterocycles. The van der Waals surface area contributed by atoms with E-state index in [9.17, 15) is 10.1 Å². The summed E-state index contributed by atoms with van der Waals surface area (Å²) in [6.45, 7) is 4.35. The van der Waals surface area contributed by atoms with Crippen molar-refractivity contribution in [3.63, 3.8) is 0 Å². The maximum absolute atomic E-state index is 11.2. The highest BCUT2D eigenvalue weighted by molar-refractivity contribution is 5.60. The molecule has 0 aromatic carbocycles. The molecule has 0 aliphatic rings. The topological polar surface area (TPSA) is 102 Å². The second kappa shape index (κ2) is 5.72. The molecule has 0 saturated heterocycles. The van der Waals surface area contributed by atoms with Crippen molar-refractivity contribution in [3.8, 4) is 0 Å². The van der Waals surface area contributed by atoms with E-state index in [1.54, 1.807) is 19.6 Å². The quantitative estimate of drug-likeness (QED) is 0.620. The van der Waals surface area contributed by atoms with E-state index < -0.39 is 0 Å². The fourth-order valence-electron chi connectivity index (χ4n) is 2.04. The maximum Gasteiger partial charge on any atom is 0.334 e. The van der Waals surface area contributed by atoms with Crippen molar-refractivity contribution in [1.29, 1.82) is 0 Å². The molecule has 0 bridgehead atoms. The number of aromatic nitrogens is 4. The first-order valence-corrected chi connectivity index (χ1v) is 6.43. The van der Waals surface area contributed by atoms with Crippen molar-refractivity contribution in [1.82, 2.24) is 19.7 Å². The molecule has 0 amide bonds. The second-order valence-corrected chi connectivity index (χ2v) is 4.87. The van der Waals surface area contributed by atoms with Gasteiger partial charge >= 0.3 is 5.69 Å². The van der Waals surface area contributed by atoms with Gasteiger partial charge in [-0.05, 0) is 0 Å². The number of nitrogens with zero attached hydrogens (tertiary/aromatic N) is 4. The molecule has 8 nitrogen and oxygen atoms in total. The average Bonchev–Trinajstić information content (AvgIpc) is 2.98. The first kappa shape index (κ1) is 14.0. The lowest BCUT2D eigenvalue weighted by molar-refractivity contribution is -0.384. The zero-order valence-corrected chi connectivity index (χ0v) is 11.8. The molecule has 20 heavy (non-hydrogen) atoms. The van der Waals surface area contributed by atoms with Gasteiger partial charge in [0.15, 0.2) is 0 Å². The van der Waals surface area contributed by atoms with E-state index >= 15 is 0 Å². The molecule has 108 valence electrons. The van der Waals surface area contributed by atoms with Crippen LogP contribution in [-0.2, 0) is 13.5 Å². The standard InChI is InChI=1S/C12H18N6O2/c1-8(2)10-11(18(19)20)12(17(3)16-10)14-5-4-9-6-13-7-15-9/h6-8,14H,4-5H2,1-3H3,(H,13,15). The van der Waals surface area contributed by atoms with Crippen LogP contribution in [0.5, 0.6) is 0 Å². The number of H-pyrrole nitrogens is 1. The fraction of sp³-hybridized carbons (Fsp3) is 0.500. The van der Waals surface area contributed by atoms with E-state index in [0.717, 1.165) is 5.69 Å². The van der Waals surface area contributed by atoms with Crippen molar-refractivity contribution in [2.75, 3.05) is 11.9 Å². The molecule has 0 spiro atoms. The van der Waals surface area contributed by atoms with Crippen LogP contribution in [0.4, 0.5) is 11.5 Å². The van der Waals surface area contributed by atoms with Crippen molar-refractivity contribution >= 4 is 11.5 Å². The Morgan fingerprint density at radius 3 is 2.85 bits per heavy atom. The molecule has 2 heterocycles. The van der Waals surface area contributed by atoms with Gasteiger partial charge in [-0.15, -0.1) is 0 Å². The third kappa shape index (κ3) is 2.79. The number of imidazole rings is 1. The molecule has 0 saturated carbocycles. The molecule has 0 unspecified atom stereocenters. The lowest BCUT2D eigenvalue weighted by atomic mass is 10.1. The summed E-state index contributed by atoms with van der Waals surface area (Å²) < 4.78 is 1.53. The van der Waals surface area contributed by atoms with Crippen LogP contribution >= 0.6 is 0 Å². The van der Waals surface area contributed by atoms with Gasteiger partial charge < -0.3 is 10.3 Å². The zero-order valence-electron chi connectivity index (χ0n) is 11.8. The van der Waals surface area contributed by atoms with Crippen LogP contribution in [0.2, 0.25) is 0 Å². The lowest BCUT2D eigenvalue weighted by Gasteiger charge is -2.05. The van der Waals surface area contributed by atoms with Gasteiger partial charge in [-0.3, -0.25) is 10.1 Å². The summed E-state index contributed by atoms with van der Waals surface area (Å²) in [5, 5.41) is 18.6. The number of hydrogen-bond donors (Lipinski definition) is 2. The molecular weight excluding hydrogens is 260 g/mol. The Morgan fingerprint density at radius 1 is 1.55 bits per heavy atom. The van der Waals surface area contributed by atoms with Gasteiger partial charge in [-0.25, -0.2) is 9.67 Å². The Hall–Kier alpha value is -2.38. The van der Waals surface area contributed by atoms with Crippen LogP contribution in [0.3, 0.4) is 0 Å². The van der Waals surface area contributed by atoms with E-state index in [1.165, 1.54) is 4.68 Å². The van der Waals surface area contributed by atoms with Gasteiger partial charge in [0.2, 0.25) is 5.82 Å².